The fourth-order valence-corrected chi connectivity index (χ4v) is 1.12. The molecular weight excluding hydrogens is 148 g/mol. The highest BCUT2D eigenvalue weighted by atomic mass is 16.3. The summed E-state index contributed by atoms with van der Waals surface area (Å²) in [4.78, 5) is 0. The van der Waals surface area contributed by atoms with Crippen LogP contribution in [0.25, 0.3) is 0 Å². The highest BCUT2D eigenvalue weighted by molar-refractivity contribution is 5.18. The average Bonchev–Trinajstić information content (AvgIpc) is 2.05. The molecule has 1 rings (SSSR count). The van der Waals surface area contributed by atoms with Crippen LogP contribution in [0.15, 0.2) is 42.5 Å². The van der Waals surface area contributed by atoms with Crippen molar-refractivity contribution in [2.75, 3.05) is 0 Å². The Balaban J connectivity index is 2.65. The molecule has 12 heavy (non-hydrogen) atoms. The van der Waals surface area contributed by atoms with Gasteiger partial charge in [-0.1, -0.05) is 35.9 Å². The number of aliphatic hydroxyl groups is 1. The lowest BCUT2D eigenvalue weighted by molar-refractivity contribution is 0.178. The normalized spacial score (nSPS) is 12.5. The summed E-state index contributed by atoms with van der Waals surface area (Å²) in [6.45, 7) is 5.68. The lowest BCUT2D eigenvalue weighted by Crippen LogP contribution is -1.96. The van der Waals surface area contributed by atoms with Crippen LogP contribution in [0.2, 0.25) is 0 Å². The Kier molecular flexibility index (Phi) is 3.06. The molecule has 1 nitrogen and oxygen atoms in total. The van der Waals surface area contributed by atoms with Crippen molar-refractivity contribution < 1.29 is 5.11 Å². The monoisotopic (exact) mass is 162 g/mol. The minimum absolute atomic E-state index is 0.399. The molecule has 0 aliphatic carbocycles. The molecule has 0 spiro atoms. The molecular formula is C11H14O. The van der Waals surface area contributed by atoms with Crippen molar-refractivity contribution in [3.8, 4) is 0 Å². The molecule has 0 amide bonds. The van der Waals surface area contributed by atoms with Gasteiger partial charge in [-0.15, -0.1) is 6.58 Å². The minimum atomic E-state index is -0.399. The van der Waals surface area contributed by atoms with E-state index in [1.165, 1.54) is 0 Å². The zero-order valence-corrected chi connectivity index (χ0v) is 7.33. The zero-order chi connectivity index (χ0) is 8.97. The molecule has 0 saturated carbocycles. The maximum atomic E-state index is 9.63. The van der Waals surface area contributed by atoms with Gasteiger partial charge in [0.2, 0.25) is 0 Å². The van der Waals surface area contributed by atoms with Crippen molar-refractivity contribution in [3.05, 3.63) is 48.0 Å². The molecule has 0 aromatic heterocycles. The van der Waals surface area contributed by atoms with Crippen molar-refractivity contribution in [1.82, 2.24) is 0 Å². The highest BCUT2D eigenvalue weighted by Crippen LogP contribution is 2.18. The molecule has 0 heterocycles. The van der Waals surface area contributed by atoms with E-state index < -0.39 is 6.10 Å². The fourth-order valence-electron chi connectivity index (χ4n) is 1.12. The Hall–Kier alpha value is -1.08. The zero-order valence-electron chi connectivity index (χ0n) is 7.33. The Morgan fingerprint density at radius 1 is 1.42 bits per heavy atom. The second kappa shape index (κ2) is 4.07. The smallest absolute Gasteiger partial charge is 0.0826 e. The number of benzene rings is 1. The number of aliphatic hydroxyl groups excluding tert-OH is 1. The highest BCUT2D eigenvalue weighted by Gasteiger charge is 2.05. The third-order valence-corrected chi connectivity index (χ3v) is 1.73. The van der Waals surface area contributed by atoms with E-state index in [4.69, 9.17) is 0 Å². The molecule has 0 aliphatic rings. The third kappa shape index (κ3) is 2.51. The first kappa shape index (κ1) is 9.01. The van der Waals surface area contributed by atoms with Crippen LogP contribution in [0.3, 0.4) is 0 Å². The fraction of sp³-hybridized carbons (Fsp3) is 0.273. The maximum absolute atomic E-state index is 9.63. The summed E-state index contributed by atoms with van der Waals surface area (Å²) in [5.41, 5.74) is 1.96. The van der Waals surface area contributed by atoms with Crippen LogP contribution in [0, 0.1) is 0 Å². The third-order valence-electron chi connectivity index (χ3n) is 1.73. The van der Waals surface area contributed by atoms with Crippen molar-refractivity contribution >= 4 is 0 Å². The van der Waals surface area contributed by atoms with E-state index in [0.717, 1.165) is 11.1 Å². The molecule has 1 aromatic rings. The molecule has 0 aliphatic heterocycles. The number of rotatable bonds is 3. The Morgan fingerprint density at radius 3 is 2.50 bits per heavy atom. The number of hydrogen-bond donors (Lipinski definition) is 1. The largest absolute Gasteiger partial charge is 0.388 e. The van der Waals surface area contributed by atoms with Crippen molar-refractivity contribution in [1.29, 1.82) is 0 Å². The van der Waals surface area contributed by atoms with Crippen LogP contribution in [0.4, 0.5) is 0 Å². The van der Waals surface area contributed by atoms with Gasteiger partial charge in [-0.25, -0.2) is 0 Å². The average molecular weight is 162 g/mol. The van der Waals surface area contributed by atoms with Crippen LogP contribution >= 0.6 is 0 Å². The Labute approximate surface area is 73.4 Å². The van der Waals surface area contributed by atoms with E-state index in [1.807, 2.05) is 37.3 Å². The van der Waals surface area contributed by atoms with Gasteiger partial charge in [0.25, 0.3) is 0 Å². The van der Waals surface area contributed by atoms with Crippen LogP contribution in [0.1, 0.15) is 25.0 Å². The van der Waals surface area contributed by atoms with E-state index in [0.29, 0.717) is 6.42 Å². The molecule has 1 N–H and O–H groups in total. The van der Waals surface area contributed by atoms with Gasteiger partial charge in [0.15, 0.2) is 0 Å². The molecule has 1 atom stereocenters. The summed E-state index contributed by atoms with van der Waals surface area (Å²) in [6, 6.07) is 9.64. The van der Waals surface area contributed by atoms with Crippen LogP contribution in [-0.4, -0.2) is 5.11 Å². The van der Waals surface area contributed by atoms with Gasteiger partial charge in [-0.2, -0.15) is 0 Å². The Morgan fingerprint density at radius 2 is 2.00 bits per heavy atom. The van der Waals surface area contributed by atoms with Gasteiger partial charge in [0, 0.05) is 0 Å². The minimum Gasteiger partial charge on any atom is -0.388 e. The van der Waals surface area contributed by atoms with Gasteiger partial charge >= 0.3 is 0 Å². The first-order valence-electron chi connectivity index (χ1n) is 4.07. The quantitative estimate of drug-likeness (QED) is 0.677. The molecule has 0 fully saturated rings. The summed E-state index contributed by atoms with van der Waals surface area (Å²) >= 11 is 0. The van der Waals surface area contributed by atoms with Gasteiger partial charge in [0.05, 0.1) is 6.10 Å². The molecule has 0 radical (unpaired) electrons. The van der Waals surface area contributed by atoms with Crippen molar-refractivity contribution in [3.63, 3.8) is 0 Å². The van der Waals surface area contributed by atoms with E-state index in [2.05, 4.69) is 6.58 Å². The van der Waals surface area contributed by atoms with Gasteiger partial charge in [-0.3, -0.25) is 0 Å². The summed E-state index contributed by atoms with van der Waals surface area (Å²) < 4.78 is 0. The number of hydrogen-bond acceptors (Lipinski definition) is 1. The standard InChI is InChI=1S/C11H14O/c1-9(2)8-11(12)10-6-4-3-5-7-10/h3-7,11-12H,1,8H2,2H3/t11-/m0/s1. The van der Waals surface area contributed by atoms with Crippen molar-refractivity contribution in [2.24, 2.45) is 0 Å². The SMILES string of the molecule is C=C(C)C[C@H](O)c1ccccc1. The van der Waals surface area contributed by atoms with E-state index in [-0.39, 0.29) is 0 Å². The maximum Gasteiger partial charge on any atom is 0.0826 e. The Bertz CT molecular complexity index is 251. The topological polar surface area (TPSA) is 20.2 Å². The van der Waals surface area contributed by atoms with E-state index in [9.17, 15) is 5.11 Å². The molecule has 0 saturated heterocycles. The predicted molar refractivity (Wildman–Crippen MR) is 50.8 cm³/mol. The molecule has 1 aromatic carbocycles. The van der Waals surface area contributed by atoms with Crippen molar-refractivity contribution in [2.45, 2.75) is 19.4 Å². The molecule has 64 valence electrons. The van der Waals surface area contributed by atoms with Gasteiger partial charge in [-0.05, 0) is 18.9 Å². The lowest BCUT2D eigenvalue weighted by Gasteiger charge is -2.09. The molecule has 0 bridgehead atoms. The summed E-state index contributed by atoms with van der Waals surface area (Å²) in [5, 5.41) is 9.63. The van der Waals surface area contributed by atoms with E-state index in [1.54, 1.807) is 0 Å². The van der Waals surface area contributed by atoms with Crippen LogP contribution in [-0.2, 0) is 0 Å². The second-order valence-corrected chi connectivity index (χ2v) is 3.09. The predicted octanol–water partition coefficient (Wildman–Crippen LogP) is 2.69. The van der Waals surface area contributed by atoms with E-state index >= 15 is 0 Å². The van der Waals surface area contributed by atoms with Gasteiger partial charge in [0.1, 0.15) is 0 Å². The summed E-state index contributed by atoms with van der Waals surface area (Å²) in [5.74, 6) is 0. The summed E-state index contributed by atoms with van der Waals surface area (Å²) in [6.07, 6.45) is 0.244. The molecule has 1 heteroatoms. The first-order valence-corrected chi connectivity index (χ1v) is 4.07. The van der Waals surface area contributed by atoms with Crippen LogP contribution < -0.4 is 0 Å². The second-order valence-electron chi connectivity index (χ2n) is 3.09. The summed E-state index contributed by atoms with van der Waals surface area (Å²) in [7, 11) is 0. The first-order chi connectivity index (χ1) is 5.70. The van der Waals surface area contributed by atoms with Gasteiger partial charge < -0.3 is 5.11 Å². The lowest BCUT2D eigenvalue weighted by atomic mass is 10.0. The molecule has 0 unspecified atom stereocenters. The van der Waals surface area contributed by atoms with Crippen LogP contribution in [0.5, 0.6) is 0 Å².